The van der Waals surface area contributed by atoms with Gasteiger partial charge in [-0.25, -0.2) is 0 Å². The standard InChI is InChI=1S/C14H17F3N2O/c1-19(12-5-6-12)13(20)9-18-11-4-2-3-10(7-11)8-14(15,16)17/h2-4,7,12,18H,5-6,8-9H2,1H3. The van der Waals surface area contributed by atoms with Crippen molar-refractivity contribution in [1.29, 1.82) is 0 Å². The Hall–Kier alpha value is -1.72. The minimum atomic E-state index is -4.22. The van der Waals surface area contributed by atoms with Crippen molar-refractivity contribution < 1.29 is 18.0 Å². The lowest BCUT2D eigenvalue weighted by Crippen LogP contribution is -2.33. The predicted octanol–water partition coefficient (Wildman–Crippen LogP) is 2.82. The Morgan fingerprint density at radius 1 is 1.40 bits per heavy atom. The molecule has 110 valence electrons. The summed E-state index contributed by atoms with van der Waals surface area (Å²) in [5.41, 5.74) is 0.717. The minimum absolute atomic E-state index is 0.0475. The molecule has 1 fully saturated rings. The average molecular weight is 286 g/mol. The van der Waals surface area contributed by atoms with E-state index in [1.165, 1.54) is 12.1 Å². The normalized spacial score (nSPS) is 15.0. The number of hydrogen-bond donors (Lipinski definition) is 1. The number of benzene rings is 1. The molecule has 1 aromatic carbocycles. The zero-order valence-electron chi connectivity index (χ0n) is 11.2. The van der Waals surface area contributed by atoms with Gasteiger partial charge in [-0.1, -0.05) is 12.1 Å². The van der Waals surface area contributed by atoms with Crippen LogP contribution in [0.25, 0.3) is 0 Å². The van der Waals surface area contributed by atoms with Gasteiger partial charge in [0, 0.05) is 18.8 Å². The Morgan fingerprint density at radius 2 is 2.10 bits per heavy atom. The van der Waals surface area contributed by atoms with Gasteiger partial charge in [-0.3, -0.25) is 4.79 Å². The first kappa shape index (κ1) is 14.7. The van der Waals surface area contributed by atoms with E-state index in [0.29, 0.717) is 11.7 Å². The Bertz CT molecular complexity index is 484. The fraction of sp³-hybridized carbons (Fsp3) is 0.500. The van der Waals surface area contributed by atoms with Crippen LogP contribution in [0.1, 0.15) is 18.4 Å². The van der Waals surface area contributed by atoms with Crippen LogP contribution in [0.3, 0.4) is 0 Å². The highest BCUT2D eigenvalue weighted by atomic mass is 19.4. The molecule has 0 unspecified atom stereocenters. The van der Waals surface area contributed by atoms with Crippen molar-refractivity contribution in [2.45, 2.75) is 31.5 Å². The van der Waals surface area contributed by atoms with Crippen molar-refractivity contribution in [2.75, 3.05) is 18.9 Å². The monoisotopic (exact) mass is 286 g/mol. The van der Waals surface area contributed by atoms with E-state index in [4.69, 9.17) is 0 Å². The van der Waals surface area contributed by atoms with Crippen LogP contribution in [-0.4, -0.2) is 36.6 Å². The van der Waals surface area contributed by atoms with Gasteiger partial charge in [0.25, 0.3) is 0 Å². The molecule has 3 nitrogen and oxygen atoms in total. The van der Waals surface area contributed by atoms with Crippen LogP contribution in [0, 0.1) is 0 Å². The lowest BCUT2D eigenvalue weighted by atomic mass is 10.1. The van der Waals surface area contributed by atoms with Crippen molar-refractivity contribution in [3.8, 4) is 0 Å². The molecule has 0 aliphatic heterocycles. The first-order valence-electron chi connectivity index (χ1n) is 6.50. The molecule has 1 amide bonds. The summed E-state index contributed by atoms with van der Waals surface area (Å²) in [7, 11) is 1.75. The second-order valence-corrected chi connectivity index (χ2v) is 5.08. The summed E-state index contributed by atoms with van der Waals surface area (Å²) in [5, 5.41) is 2.88. The number of carbonyl (C=O) groups is 1. The molecule has 1 saturated carbocycles. The lowest BCUT2D eigenvalue weighted by molar-refractivity contribution is -0.129. The Labute approximate surface area is 115 Å². The molecule has 0 bridgehead atoms. The van der Waals surface area contributed by atoms with Crippen molar-refractivity contribution in [3.63, 3.8) is 0 Å². The molecule has 0 radical (unpaired) electrons. The van der Waals surface area contributed by atoms with E-state index >= 15 is 0 Å². The number of amides is 1. The molecule has 0 aromatic heterocycles. The van der Waals surface area contributed by atoms with Gasteiger partial charge in [-0.15, -0.1) is 0 Å². The van der Waals surface area contributed by atoms with Crippen molar-refractivity contribution in [2.24, 2.45) is 0 Å². The summed E-state index contributed by atoms with van der Waals surface area (Å²) < 4.78 is 36.9. The summed E-state index contributed by atoms with van der Waals surface area (Å²) in [5.74, 6) is -0.0475. The number of nitrogens with one attached hydrogen (secondary N) is 1. The van der Waals surface area contributed by atoms with Crippen LogP contribution < -0.4 is 5.32 Å². The highest BCUT2D eigenvalue weighted by Crippen LogP contribution is 2.25. The van der Waals surface area contributed by atoms with Gasteiger partial charge in [0.2, 0.25) is 5.91 Å². The maximum atomic E-state index is 12.3. The van der Waals surface area contributed by atoms with E-state index in [1.807, 2.05) is 0 Å². The molecule has 20 heavy (non-hydrogen) atoms. The number of carbonyl (C=O) groups excluding carboxylic acids is 1. The molecule has 0 spiro atoms. The van der Waals surface area contributed by atoms with Gasteiger partial charge in [-0.05, 0) is 30.5 Å². The highest BCUT2D eigenvalue weighted by Gasteiger charge is 2.29. The third-order valence-corrected chi connectivity index (χ3v) is 3.26. The van der Waals surface area contributed by atoms with Crippen LogP contribution in [-0.2, 0) is 11.2 Å². The SMILES string of the molecule is CN(C(=O)CNc1cccc(CC(F)(F)F)c1)C1CC1. The maximum absolute atomic E-state index is 12.3. The van der Waals surface area contributed by atoms with Crippen molar-refractivity contribution >= 4 is 11.6 Å². The Balaban J connectivity index is 1.89. The molecule has 2 rings (SSSR count). The second-order valence-electron chi connectivity index (χ2n) is 5.08. The van der Waals surface area contributed by atoms with Gasteiger partial charge >= 0.3 is 6.18 Å². The summed E-state index contributed by atoms with van der Waals surface area (Å²) in [6.45, 7) is 0.0997. The summed E-state index contributed by atoms with van der Waals surface area (Å²) in [6, 6.07) is 6.40. The van der Waals surface area contributed by atoms with Crippen LogP contribution in [0.5, 0.6) is 0 Å². The first-order valence-corrected chi connectivity index (χ1v) is 6.50. The average Bonchev–Trinajstić information content (AvgIpc) is 3.17. The molecule has 0 atom stereocenters. The Morgan fingerprint density at radius 3 is 2.70 bits per heavy atom. The number of hydrogen-bond acceptors (Lipinski definition) is 2. The topological polar surface area (TPSA) is 32.3 Å². The predicted molar refractivity (Wildman–Crippen MR) is 70.5 cm³/mol. The van der Waals surface area contributed by atoms with Crippen LogP contribution in [0.2, 0.25) is 0 Å². The third-order valence-electron chi connectivity index (χ3n) is 3.26. The lowest BCUT2D eigenvalue weighted by Gasteiger charge is -2.17. The first-order chi connectivity index (χ1) is 9.35. The molecule has 0 saturated heterocycles. The quantitative estimate of drug-likeness (QED) is 0.902. The fourth-order valence-corrected chi connectivity index (χ4v) is 1.99. The zero-order valence-corrected chi connectivity index (χ0v) is 11.2. The molecule has 6 heteroatoms. The number of anilines is 1. The third kappa shape index (κ3) is 4.43. The fourth-order valence-electron chi connectivity index (χ4n) is 1.99. The van der Waals surface area contributed by atoms with Gasteiger partial charge < -0.3 is 10.2 Å². The van der Waals surface area contributed by atoms with Crippen molar-refractivity contribution in [1.82, 2.24) is 4.90 Å². The molecule has 1 aliphatic carbocycles. The largest absolute Gasteiger partial charge is 0.393 e. The molecule has 0 heterocycles. The number of halogens is 3. The summed E-state index contributed by atoms with van der Waals surface area (Å²) >= 11 is 0. The summed E-state index contributed by atoms with van der Waals surface area (Å²) in [4.78, 5) is 13.5. The number of alkyl halides is 3. The molecule has 1 aliphatic rings. The Kier molecular flexibility index (Phi) is 4.20. The van der Waals surface area contributed by atoms with Crippen LogP contribution >= 0.6 is 0 Å². The maximum Gasteiger partial charge on any atom is 0.393 e. The van der Waals surface area contributed by atoms with E-state index in [-0.39, 0.29) is 18.0 Å². The van der Waals surface area contributed by atoms with Crippen LogP contribution in [0.15, 0.2) is 24.3 Å². The van der Waals surface area contributed by atoms with Gasteiger partial charge in [0.15, 0.2) is 0 Å². The smallest absolute Gasteiger partial charge is 0.376 e. The van der Waals surface area contributed by atoms with E-state index < -0.39 is 12.6 Å². The molecular weight excluding hydrogens is 269 g/mol. The van der Waals surface area contributed by atoms with Gasteiger partial charge in [0.1, 0.15) is 0 Å². The highest BCUT2D eigenvalue weighted by molar-refractivity contribution is 5.81. The van der Waals surface area contributed by atoms with E-state index in [0.717, 1.165) is 12.8 Å². The van der Waals surface area contributed by atoms with E-state index in [2.05, 4.69) is 5.32 Å². The van der Waals surface area contributed by atoms with Crippen molar-refractivity contribution in [3.05, 3.63) is 29.8 Å². The van der Waals surface area contributed by atoms with Crippen LogP contribution in [0.4, 0.5) is 18.9 Å². The summed E-state index contributed by atoms with van der Waals surface area (Å²) in [6.07, 6.45) is -3.12. The van der Waals surface area contributed by atoms with Gasteiger partial charge in [0.05, 0.1) is 13.0 Å². The zero-order chi connectivity index (χ0) is 14.8. The molecule has 1 N–H and O–H groups in total. The molecular formula is C14H17F3N2O. The van der Waals surface area contributed by atoms with Gasteiger partial charge in [-0.2, -0.15) is 13.2 Å². The minimum Gasteiger partial charge on any atom is -0.376 e. The molecule has 1 aromatic rings. The van der Waals surface area contributed by atoms with E-state index in [9.17, 15) is 18.0 Å². The second kappa shape index (κ2) is 5.73. The number of rotatable bonds is 5. The number of likely N-dealkylation sites (N-methyl/N-ethyl adjacent to an activating group) is 1. The number of nitrogens with zero attached hydrogens (tertiary/aromatic N) is 1. The van der Waals surface area contributed by atoms with E-state index in [1.54, 1.807) is 24.1 Å².